The summed E-state index contributed by atoms with van der Waals surface area (Å²) < 4.78 is 2.13. The first-order valence-corrected chi connectivity index (χ1v) is 5.43. The zero-order valence-electron chi connectivity index (χ0n) is 8.85. The normalized spacial score (nSPS) is 15.5. The summed E-state index contributed by atoms with van der Waals surface area (Å²) in [6.07, 6.45) is 4.79. The quantitative estimate of drug-likeness (QED) is 0.725. The first-order valence-electron chi connectivity index (χ1n) is 5.43. The van der Waals surface area contributed by atoms with Crippen molar-refractivity contribution in [1.29, 1.82) is 0 Å². The Balaban J connectivity index is 2.04. The van der Waals surface area contributed by atoms with Gasteiger partial charge in [-0.25, -0.2) is 4.98 Å². The zero-order chi connectivity index (χ0) is 10.3. The number of hydrogen-bond donors (Lipinski definition) is 0. The zero-order valence-corrected chi connectivity index (χ0v) is 8.85. The molecule has 0 aliphatic heterocycles. The van der Waals surface area contributed by atoms with Gasteiger partial charge in [-0.1, -0.05) is 30.3 Å². The number of aromatic nitrogens is 2. The van der Waals surface area contributed by atoms with E-state index in [2.05, 4.69) is 42.1 Å². The predicted molar refractivity (Wildman–Crippen MR) is 60.6 cm³/mol. The lowest BCUT2D eigenvalue weighted by molar-refractivity contribution is 0.922. The van der Waals surface area contributed by atoms with E-state index in [1.165, 1.54) is 24.1 Å². The molecular formula is C13H14N2. The molecule has 3 rings (SSSR count). The summed E-state index contributed by atoms with van der Waals surface area (Å²) in [7, 11) is 2.07. The standard InChI is InChI=1S/C13H14N2/c1-15-9-12(10-7-8-10)14-13(15)11-5-3-2-4-6-11/h2-6,9-10H,7-8H2,1H3. The second-order valence-electron chi connectivity index (χ2n) is 4.24. The molecule has 2 heteroatoms. The van der Waals surface area contributed by atoms with Gasteiger partial charge in [-0.2, -0.15) is 0 Å². The molecule has 1 fully saturated rings. The van der Waals surface area contributed by atoms with Crippen LogP contribution in [0.15, 0.2) is 36.5 Å². The minimum absolute atomic E-state index is 0.730. The average molecular weight is 198 g/mol. The molecule has 0 N–H and O–H groups in total. The number of benzene rings is 1. The second kappa shape index (κ2) is 3.23. The van der Waals surface area contributed by atoms with E-state index in [1.807, 2.05) is 6.07 Å². The number of aryl methyl sites for hydroxylation is 1. The van der Waals surface area contributed by atoms with E-state index in [0.717, 1.165) is 11.7 Å². The van der Waals surface area contributed by atoms with E-state index in [-0.39, 0.29) is 0 Å². The summed E-state index contributed by atoms with van der Waals surface area (Å²) in [5.41, 5.74) is 2.46. The summed E-state index contributed by atoms with van der Waals surface area (Å²) in [6.45, 7) is 0. The smallest absolute Gasteiger partial charge is 0.139 e. The molecule has 1 aromatic carbocycles. The molecule has 1 saturated carbocycles. The van der Waals surface area contributed by atoms with E-state index in [9.17, 15) is 0 Å². The molecule has 0 amide bonds. The van der Waals surface area contributed by atoms with E-state index in [1.54, 1.807) is 0 Å². The molecule has 0 saturated heterocycles. The summed E-state index contributed by atoms with van der Waals surface area (Å²) in [5, 5.41) is 0. The van der Waals surface area contributed by atoms with Crippen molar-refractivity contribution in [2.75, 3.05) is 0 Å². The van der Waals surface area contributed by atoms with Crippen LogP contribution in [-0.4, -0.2) is 9.55 Å². The first-order chi connectivity index (χ1) is 7.34. The van der Waals surface area contributed by atoms with E-state index < -0.39 is 0 Å². The Morgan fingerprint density at radius 3 is 2.60 bits per heavy atom. The number of rotatable bonds is 2. The third-order valence-electron chi connectivity index (χ3n) is 2.92. The van der Waals surface area contributed by atoms with Crippen LogP contribution in [0.3, 0.4) is 0 Å². The van der Waals surface area contributed by atoms with Gasteiger partial charge in [0.25, 0.3) is 0 Å². The Morgan fingerprint density at radius 2 is 1.93 bits per heavy atom. The summed E-state index contributed by atoms with van der Waals surface area (Å²) >= 11 is 0. The number of nitrogens with zero attached hydrogens (tertiary/aromatic N) is 2. The molecule has 0 spiro atoms. The number of hydrogen-bond acceptors (Lipinski definition) is 1. The fourth-order valence-corrected chi connectivity index (χ4v) is 1.92. The van der Waals surface area contributed by atoms with Crippen LogP contribution < -0.4 is 0 Å². The fraction of sp³-hybridized carbons (Fsp3) is 0.308. The van der Waals surface area contributed by atoms with Gasteiger partial charge in [-0.3, -0.25) is 0 Å². The topological polar surface area (TPSA) is 17.8 Å². The van der Waals surface area contributed by atoms with Crippen LogP contribution >= 0.6 is 0 Å². The third kappa shape index (κ3) is 1.56. The van der Waals surface area contributed by atoms with Crippen LogP contribution in [0.2, 0.25) is 0 Å². The highest BCUT2D eigenvalue weighted by molar-refractivity contribution is 5.55. The largest absolute Gasteiger partial charge is 0.334 e. The van der Waals surface area contributed by atoms with Gasteiger partial charge in [0.05, 0.1) is 5.69 Å². The molecule has 1 aliphatic rings. The highest BCUT2D eigenvalue weighted by atomic mass is 15.0. The monoisotopic (exact) mass is 198 g/mol. The Hall–Kier alpha value is -1.57. The molecule has 0 atom stereocenters. The van der Waals surface area contributed by atoms with Crippen molar-refractivity contribution in [2.45, 2.75) is 18.8 Å². The minimum atomic E-state index is 0.730. The highest BCUT2D eigenvalue weighted by Gasteiger charge is 2.26. The maximum atomic E-state index is 4.70. The van der Waals surface area contributed by atoms with Crippen LogP contribution in [0.5, 0.6) is 0 Å². The van der Waals surface area contributed by atoms with Gasteiger partial charge in [0.15, 0.2) is 0 Å². The van der Waals surface area contributed by atoms with Crippen molar-refractivity contribution in [3.05, 3.63) is 42.2 Å². The summed E-state index contributed by atoms with van der Waals surface area (Å²) in [4.78, 5) is 4.70. The van der Waals surface area contributed by atoms with Crippen LogP contribution in [0.25, 0.3) is 11.4 Å². The molecule has 1 aromatic heterocycles. The third-order valence-corrected chi connectivity index (χ3v) is 2.92. The Kier molecular flexibility index (Phi) is 1.88. The Morgan fingerprint density at radius 1 is 1.20 bits per heavy atom. The van der Waals surface area contributed by atoms with Crippen LogP contribution in [0, 0.1) is 0 Å². The lowest BCUT2D eigenvalue weighted by atomic mass is 10.2. The van der Waals surface area contributed by atoms with Gasteiger partial charge in [-0.15, -0.1) is 0 Å². The van der Waals surface area contributed by atoms with Gasteiger partial charge in [0.1, 0.15) is 5.82 Å². The van der Waals surface area contributed by atoms with Gasteiger partial charge in [0.2, 0.25) is 0 Å². The maximum absolute atomic E-state index is 4.70. The summed E-state index contributed by atoms with van der Waals surface area (Å²) in [6, 6.07) is 10.4. The van der Waals surface area contributed by atoms with E-state index in [0.29, 0.717) is 0 Å². The molecule has 1 aliphatic carbocycles. The predicted octanol–water partition coefficient (Wildman–Crippen LogP) is 2.96. The highest BCUT2D eigenvalue weighted by Crippen LogP contribution is 2.39. The van der Waals surface area contributed by atoms with Gasteiger partial charge < -0.3 is 4.57 Å². The van der Waals surface area contributed by atoms with Gasteiger partial charge in [0, 0.05) is 24.7 Å². The first kappa shape index (κ1) is 8.72. The van der Waals surface area contributed by atoms with Crippen LogP contribution in [0.4, 0.5) is 0 Å². The Bertz CT molecular complexity index is 467. The van der Waals surface area contributed by atoms with Gasteiger partial charge >= 0.3 is 0 Å². The van der Waals surface area contributed by atoms with E-state index in [4.69, 9.17) is 4.98 Å². The second-order valence-corrected chi connectivity index (χ2v) is 4.24. The molecule has 2 nitrogen and oxygen atoms in total. The van der Waals surface area contributed by atoms with Crippen molar-refractivity contribution in [3.63, 3.8) is 0 Å². The van der Waals surface area contributed by atoms with Crippen LogP contribution in [-0.2, 0) is 7.05 Å². The van der Waals surface area contributed by atoms with Crippen molar-refractivity contribution < 1.29 is 0 Å². The van der Waals surface area contributed by atoms with Crippen molar-refractivity contribution in [3.8, 4) is 11.4 Å². The lowest BCUT2D eigenvalue weighted by Gasteiger charge is -1.99. The molecule has 76 valence electrons. The summed E-state index contributed by atoms with van der Waals surface area (Å²) in [5.74, 6) is 1.81. The molecule has 1 heterocycles. The minimum Gasteiger partial charge on any atom is -0.334 e. The number of imidazole rings is 1. The van der Waals surface area contributed by atoms with E-state index >= 15 is 0 Å². The van der Waals surface area contributed by atoms with Crippen molar-refractivity contribution in [2.24, 2.45) is 7.05 Å². The molecule has 0 unspecified atom stereocenters. The Labute approximate surface area is 89.6 Å². The fourth-order valence-electron chi connectivity index (χ4n) is 1.92. The molecule has 0 bridgehead atoms. The average Bonchev–Trinajstić information content (AvgIpc) is 3.04. The van der Waals surface area contributed by atoms with Gasteiger partial charge in [-0.05, 0) is 12.8 Å². The van der Waals surface area contributed by atoms with Crippen LogP contribution in [0.1, 0.15) is 24.5 Å². The molecule has 2 aromatic rings. The molecular weight excluding hydrogens is 184 g/mol. The lowest BCUT2D eigenvalue weighted by Crippen LogP contribution is -1.89. The maximum Gasteiger partial charge on any atom is 0.139 e. The molecule has 15 heavy (non-hydrogen) atoms. The molecule has 0 radical (unpaired) electrons. The SMILES string of the molecule is Cn1cc(C2CC2)nc1-c1ccccc1. The van der Waals surface area contributed by atoms with Crippen molar-refractivity contribution >= 4 is 0 Å². The van der Waals surface area contributed by atoms with Crippen molar-refractivity contribution in [1.82, 2.24) is 9.55 Å².